The van der Waals surface area contributed by atoms with Crippen molar-refractivity contribution in [3.63, 3.8) is 0 Å². The summed E-state index contributed by atoms with van der Waals surface area (Å²) in [5.74, 6) is 0.0175. The molecule has 0 amide bonds. The van der Waals surface area contributed by atoms with E-state index in [1.54, 1.807) is 0 Å². The minimum absolute atomic E-state index is 0.0262. The summed E-state index contributed by atoms with van der Waals surface area (Å²) in [6, 6.07) is 39.7. The first-order valence-electron chi connectivity index (χ1n) is 10.2. The predicted octanol–water partition coefficient (Wildman–Crippen LogP) is 6.46. The van der Waals surface area contributed by atoms with E-state index in [0.717, 1.165) is 5.56 Å². The Kier molecular flexibility index (Phi) is 6.48. The smallest absolute Gasteiger partial charge is 0.196 e. The number of Topliss-reactive ketones (excluding diaryl/α,β-unsaturated/α-hetero) is 1. The number of carbonyl (C=O) groups excluding carboxylic acids is 1. The van der Waals surface area contributed by atoms with Crippen molar-refractivity contribution in [2.75, 3.05) is 6.61 Å². The molecule has 1 unspecified atom stereocenters. The largest absolute Gasteiger partial charge is 0.364 e. The van der Waals surface area contributed by atoms with Crippen LogP contribution in [0, 0.1) is 0 Å². The van der Waals surface area contributed by atoms with Crippen LogP contribution in [0.25, 0.3) is 0 Å². The fourth-order valence-corrected chi connectivity index (χ4v) is 3.65. The van der Waals surface area contributed by atoms with Gasteiger partial charge in [-0.2, -0.15) is 0 Å². The molecule has 0 aliphatic rings. The molecular formula is C28H24O2. The summed E-state index contributed by atoms with van der Waals surface area (Å²) in [6.07, 6.45) is -0.650. The molecule has 0 aliphatic heterocycles. The second kappa shape index (κ2) is 9.82. The minimum atomic E-state index is -0.650. The molecule has 30 heavy (non-hydrogen) atoms. The van der Waals surface area contributed by atoms with Crippen LogP contribution >= 0.6 is 0 Å². The maximum absolute atomic E-state index is 13.3. The average Bonchev–Trinajstić information content (AvgIpc) is 2.84. The molecule has 0 saturated carbocycles. The van der Waals surface area contributed by atoms with Crippen LogP contribution in [0.4, 0.5) is 0 Å². The highest BCUT2D eigenvalue weighted by Crippen LogP contribution is 2.29. The topological polar surface area (TPSA) is 26.3 Å². The van der Waals surface area contributed by atoms with E-state index in [2.05, 4.69) is 24.3 Å². The minimum Gasteiger partial charge on any atom is -0.364 e. The lowest BCUT2D eigenvalue weighted by Gasteiger charge is -2.23. The maximum Gasteiger partial charge on any atom is 0.196 e. The van der Waals surface area contributed by atoms with E-state index in [4.69, 9.17) is 4.74 Å². The van der Waals surface area contributed by atoms with E-state index < -0.39 is 6.10 Å². The van der Waals surface area contributed by atoms with E-state index in [0.29, 0.717) is 12.2 Å². The molecule has 4 rings (SSSR count). The Morgan fingerprint density at radius 1 is 0.567 bits per heavy atom. The van der Waals surface area contributed by atoms with Gasteiger partial charge in [0.05, 0.1) is 6.61 Å². The van der Waals surface area contributed by atoms with Gasteiger partial charge < -0.3 is 4.74 Å². The molecule has 2 nitrogen and oxygen atoms in total. The summed E-state index contributed by atoms with van der Waals surface area (Å²) >= 11 is 0. The number of rotatable bonds is 8. The van der Waals surface area contributed by atoms with Crippen molar-refractivity contribution in [3.05, 3.63) is 144 Å². The highest BCUT2D eigenvalue weighted by atomic mass is 16.5. The van der Waals surface area contributed by atoms with Gasteiger partial charge in [0.15, 0.2) is 5.78 Å². The van der Waals surface area contributed by atoms with E-state index in [-0.39, 0.29) is 11.7 Å². The Labute approximate surface area is 177 Å². The molecule has 1 atom stereocenters. The molecule has 0 saturated heterocycles. The fourth-order valence-electron chi connectivity index (χ4n) is 3.65. The lowest BCUT2D eigenvalue weighted by molar-refractivity contribution is 0.0379. The third-order valence-corrected chi connectivity index (χ3v) is 5.23. The van der Waals surface area contributed by atoms with Gasteiger partial charge in [0, 0.05) is 11.5 Å². The first-order chi connectivity index (χ1) is 14.8. The average molecular weight is 392 g/mol. The maximum atomic E-state index is 13.3. The van der Waals surface area contributed by atoms with Crippen molar-refractivity contribution in [2.45, 2.75) is 12.0 Å². The Morgan fingerprint density at radius 3 is 1.43 bits per heavy atom. The Balaban J connectivity index is 1.64. The van der Waals surface area contributed by atoms with E-state index in [1.165, 1.54) is 11.1 Å². The molecular weight excluding hydrogens is 368 g/mol. The summed E-state index contributed by atoms with van der Waals surface area (Å²) < 4.78 is 6.37. The van der Waals surface area contributed by atoms with E-state index >= 15 is 0 Å². The van der Waals surface area contributed by atoms with Gasteiger partial charge in [0.1, 0.15) is 6.10 Å². The van der Waals surface area contributed by atoms with Crippen molar-refractivity contribution >= 4 is 5.78 Å². The summed E-state index contributed by atoms with van der Waals surface area (Å²) in [5.41, 5.74) is 3.86. The SMILES string of the molecule is O=C(c1ccccc1)C(OCC(c1ccccc1)c1ccccc1)c1ccccc1. The van der Waals surface area contributed by atoms with Gasteiger partial charge in [0.25, 0.3) is 0 Å². The fraction of sp³-hybridized carbons (Fsp3) is 0.107. The monoisotopic (exact) mass is 392 g/mol. The summed E-state index contributed by atoms with van der Waals surface area (Å²) in [5, 5.41) is 0. The number of ketones is 1. The first-order valence-corrected chi connectivity index (χ1v) is 10.2. The van der Waals surface area contributed by atoms with Crippen molar-refractivity contribution in [2.24, 2.45) is 0 Å². The van der Waals surface area contributed by atoms with Crippen molar-refractivity contribution in [1.29, 1.82) is 0 Å². The molecule has 0 aromatic heterocycles. The number of hydrogen-bond acceptors (Lipinski definition) is 2. The molecule has 148 valence electrons. The Bertz CT molecular complexity index is 1010. The van der Waals surface area contributed by atoms with Crippen LogP contribution in [-0.4, -0.2) is 12.4 Å². The highest BCUT2D eigenvalue weighted by Gasteiger charge is 2.25. The lowest BCUT2D eigenvalue weighted by atomic mass is 9.92. The van der Waals surface area contributed by atoms with Crippen LogP contribution in [0.5, 0.6) is 0 Å². The van der Waals surface area contributed by atoms with Gasteiger partial charge in [-0.05, 0) is 16.7 Å². The molecule has 2 heteroatoms. The second-order valence-electron chi connectivity index (χ2n) is 7.23. The standard InChI is InChI=1S/C28H24O2/c29-27(24-17-9-3-10-18-24)28(25-19-11-4-12-20-25)30-21-26(22-13-5-1-6-14-22)23-15-7-2-8-16-23/h1-20,26,28H,21H2. The summed E-state index contributed by atoms with van der Waals surface area (Å²) in [7, 11) is 0. The van der Waals surface area contributed by atoms with Crippen molar-refractivity contribution in [1.82, 2.24) is 0 Å². The zero-order valence-corrected chi connectivity index (χ0v) is 16.7. The van der Waals surface area contributed by atoms with Crippen LogP contribution in [0.1, 0.15) is 39.1 Å². The first kappa shape index (κ1) is 19.8. The van der Waals surface area contributed by atoms with Gasteiger partial charge >= 0.3 is 0 Å². The Hall–Kier alpha value is -3.49. The van der Waals surface area contributed by atoms with Gasteiger partial charge in [-0.1, -0.05) is 121 Å². The molecule has 0 N–H and O–H groups in total. The third kappa shape index (κ3) is 4.73. The molecule has 0 heterocycles. The molecule has 4 aromatic carbocycles. The highest BCUT2D eigenvalue weighted by molar-refractivity contribution is 6.00. The molecule has 4 aromatic rings. The van der Waals surface area contributed by atoms with Crippen LogP contribution in [0.2, 0.25) is 0 Å². The van der Waals surface area contributed by atoms with E-state index in [1.807, 2.05) is 97.1 Å². The second-order valence-corrected chi connectivity index (χ2v) is 7.23. The number of ether oxygens (including phenoxy) is 1. The van der Waals surface area contributed by atoms with Gasteiger partial charge in [-0.25, -0.2) is 0 Å². The third-order valence-electron chi connectivity index (χ3n) is 5.23. The number of carbonyl (C=O) groups is 1. The zero-order chi connectivity index (χ0) is 20.6. The number of benzene rings is 4. The zero-order valence-electron chi connectivity index (χ0n) is 16.7. The lowest BCUT2D eigenvalue weighted by Crippen LogP contribution is -2.20. The molecule has 0 spiro atoms. The molecule has 0 bridgehead atoms. The Morgan fingerprint density at radius 2 is 0.967 bits per heavy atom. The van der Waals surface area contributed by atoms with E-state index in [9.17, 15) is 4.79 Å². The van der Waals surface area contributed by atoms with Crippen LogP contribution in [0.15, 0.2) is 121 Å². The summed E-state index contributed by atoms with van der Waals surface area (Å²) in [6.45, 7) is 0.409. The van der Waals surface area contributed by atoms with Crippen molar-refractivity contribution in [3.8, 4) is 0 Å². The predicted molar refractivity (Wildman–Crippen MR) is 121 cm³/mol. The van der Waals surface area contributed by atoms with Crippen LogP contribution < -0.4 is 0 Å². The van der Waals surface area contributed by atoms with Gasteiger partial charge in [-0.15, -0.1) is 0 Å². The normalized spacial score (nSPS) is 11.9. The van der Waals surface area contributed by atoms with Gasteiger partial charge in [-0.3, -0.25) is 4.79 Å². The quantitative estimate of drug-likeness (QED) is 0.322. The summed E-state index contributed by atoms with van der Waals surface area (Å²) in [4.78, 5) is 13.3. The molecule has 0 radical (unpaired) electrons. The number of hydrogen-bond donors (Lipinski definition) is 0. The van der Waals surface area contributed by atoms with Gasteiger partial charge in [0.2, 0.25) is 0 Å². The van der Waals surface area contributed by atoms with Crippen LogP contribution in [0.3, 0.4) is 0 Å². The molecule has 0 aliphatic carbocycles. The van der Waals surface area contributed by atoms with Crippen molar-refractivity contribution < 1.29 is 9.53 Å². The molecule has 0 fully saturated rings. The van der Waals surface area contributed by atoms with Crippen LogP contribution in [-0.2, 0) is 4.74 Å².